The van der Waals surface area contributed by atoms with Crippen LogP contribution in [0.5, 0.6) is 5.75 Å². The Morgan fingerprint density at radius 1 is 1.05 bits per heavy atom. The van der Waals surface area contributed by atoms with Crippen LogP contribution in [0.15, 0.2) is 48.5 Å². The molecule has 2 aromatic carbocycles. The molecule has 37 heavy (non-hydrogen) atoms. The van der Waals surface area contributed by atoms with Crippen LogP contribution in [0.1, 0.15) is 57.1 Å². The average molecular weight is 530 g/mol. The summed E-state index contributed by atoms with van der Waals surface area (Å²) in [5.74, 6) is -0.0570. The first kappa shape index (κ1) is 28.5. The van der Waals surface area contributed by atoms with Gasteiger partial charge in [0, 0.05) is 12.6 Å². The van der Waals surface area contributed by atoms with Crippen molar-refractivity contribution in [1.82, 2.24) is 10.2 Å². The summed E-state index contributed by atoms with van der Waals surface area (Å²) >= 11 is 0. The molecule has 1 unspecified atom stereocenters. The molecule has 1 aliphatic rings. The number of benzene rings is 2. The highest BCUT2D eigenvalue weighted by atomic mass is 32.2. The number of amides is 2. The van der Waals surface area contributed by atoms with Crippen LogP contribution in [-0.2, 0) is 32.6 Å². The Balaban J connectivity index is 1.87. The minimum absolute atomic E-state index is 0.0991. The van der Waals surface area contributed by atoms with E-state index in [1.165, 1.54) is 11.3 Å². The highest BCUT2D eigenvalue weighted by Crippen LogP contribution is 2.22. The first-order valence-corrected chi connectivity index (χ1v) is 14.8. The number of aryl methyl sites for hydroxylation is 1. The van der Waals surface area contributed by atoms with Crippen molar-refractivity contribution in [2.75, 3.05) is 24.2 Å². The minimum Gasteiger partial charge on any atom is -0.497 e. The number of ether oxygens (including phenoxy) is 1. The van der Waals surface area contributed by atoms with Crippen molar-refractivity contribution >= 4 is 27.5 Å². The number of anilines is 1. The molecule has 1 N–H and O–H groups in total. The second-order valence-corrected chi connectivity index (χ2v) is 11.6. The van der Waals surface area contributed by atoms with Gasteiger partial charge in [0.2, 0.25) is 21.8 Å². The summed E-state index contributed by atoms with van der Waals surface area (Å²) < 4.78 is 31.8. The Morgan fingerprint density at radius 3 is 2.32 bits per heavy atom. The first-order valence-electron chi connectivity index (χ1n) is 12.9. The molecule has 0 aromatic heterocycles. The summed E-state index contributed by atoms with van der Waals surface area (Å²) in [6, 6.07) is 13.7. The quantitative estimate of drug-likeness (QED) is 0.477. The zero-order valence-electron chi connectivity index (χ0n) is 22.3. The van der Waals surface area contributed by atoms with Gasteiger partial charge in [0.25, 0.3) is 0 Å². The van der Waals surface area contributed by atoms with E-state index in [-0.39, 0.29) is 18.5 Å². The Hall–Kier alpha value is -3.07. The number of hydrogen-bond donors (Lipinski definition) is 1. The van der Waals surface area contributed by atoms with Crippen LogP contribution in [0.2, 0.25) is 0 Å². The van der Waals surface area contributed by atoms with E-state index in [1.807, 2.05) is 37.3 Å². The number of rotatable bonds is 11. The third-order valence-electron chi connectivity index (χ3n) is 6.92. The minimum atomic E-state index is -3.75. The first-order chi connectivity index (χ1) is 17.6. The molecule has 8 nitrogen and oxygen atoms in total. The van der Waals surface area contributed by atoms with Gasteiger partial charge >= 0.3 is 0 Å². The molecule has 3 rings (SSSR count). The van der Waals surface area contributed by atoms with Gasteiger partial charge in [0.15, 0.2) is 0 Å². The molecule has 0 heterocycles. The highest BCUT2D eigenvalue weighted by molar-refractivity contribution is 7.92. The fourth-order valence-electron chi connectivity index (χ4n) is 4.63. The van der Waals surface area contributed by atoms with Gasteiger partial charge in [0.05, 0.1) is 19.1 Å². The molecule has 2 aromatic rings. The van der Waals surface area contributed by atoms with Gasteiger partial charge in [-0.3, -0.25) is 13.9 Å². The van der Waals surface area contributed by atoms with Crippen molar-refractivity contribution in [2.45, 2.75) is 71.0 Å². The van der Waals surface area contributed by atoms with Gasteiger partial charge < -0.3 is 15.0 Å². The average Bonchev–Trinajstić information content (AvgIpc) is 2.90. The van der Waals surface area contributed by atoms with Crippen molar-refractivity contribution in [3.05, 3.63) is 59.7 Å². The van der Waals surface area contributed by atoms with Crippen LogP contribution in [-0.4, -0.2) is 57.1 Å². The predicted molar refractivity (Wildman–Crippen MR) is 146 cm³/mol. The van der Waals surface area contributed by atoms with Crippen LogP contribution < -0.4 is 14.4 Å². The number of sulfonamides is 1. The second-order valence-electron chi connectivity index (χ2n) is 9.68. The third-order valence-corrected chi connectivity index (χ3v) is 8.06. The number of methoxy groups -OCH3 is 1. The highest BCUT2D eigenvalue weighted by Gasteiger charge is 2.31. The summed E-state index contributed by atoms with van der Waals surface area (Å²) in [5.41, 5.74) is 2.26. The number of carbonyl (C=O) groups excluding carboxylic acids is 2. The molecule has 2 amide bonds. The molecule has 1 fully saturated rings. The van der Waals surface area contributed by atoms with Crippen molar-refractivity contribution in [1.29, 1.82) is 0 Å². The molecule has 9 heteroatoms. The van der Waals surface area contributed by atoms with Crippen LogP contribution in [0, 0.1) is 0 Å². The molecule has 0 spiro atoms. The SMILES string of the molecule is CCc1ccc(N(CC(=O)N(Cc2cccc(OC)c2)C(C)C(=O)NC2CCCCC2)S(C)(=O)=O)cc1. The Labute approximate surface area is 221 Å². The van der Waals surface area contributed by atoms with Crippen LogP contribution in [0.3, 0.4) is 0 Å². The van der Waals surface area contributed by atoms with Crippen molar-refractivity contribution in [2.24, 2.45) is 0 Å². The second kappa shape index (κ2) is 12.9. The lowest BCUT2D eigenvalue weighted by molar-refractivity contribution is -0.139. The summed E-state index contributed by atoms with van der Waals surface area (Å²) in [5, 5.41) is 3.10. The molecule has 1 saturated carbocycles. The molecule has 0 bridgehead atoms. The van der Waals surface area contributed by atoms with Gasteiger partial charge in [-0.05, 0) is 61.6 Å². The summed E-state index contributed by atoms with van der Waals surface area (Å²) in [6.07, 6.45) is 7.08. The number of carbonyl (C=O) groups is 2. The Bertz CT molecular complexity index is 1160. The molecule has 0 radical (unpaired) electrons. The van der Waals surface area contributed by atoms with E-state index in [0.29, 0.717) is 11.4 Å². The van der Waals surface area contributed by atoms with Crippen LogP contribution in [0.25, 0.3) is 0 Å². The standard InChI is InChI=1S/C28H39N3O5S/c1-5-22-14-16-25(17-15-22)31(37(4,34)35)20-27(32)30(19-23-10-9-13-26(18-23)36-3)21(2)28(33)29-24-11-7-6-8-12-24/h9-10,13-18,21,24H,5-8,11-12,19-20H2,1-4H3,(H,29,33). The van der Waals surface area contributed by atoms with E-state index in [0.717, 1.165) is 53.8 Å². The van der Waals surface area contributed by atoms with Crippen LogP contribution >= 0.6 is 0 Å². The molecule has 1 atom stereocenters. The predicted octanol–water partition coefficient (Wildman–Crippen LogP) is 3.89. The van der Waals surface area contributed by atoms with Gasteiger partial charge in [-0.25, -0.2) is 8.42 Å². The van der Waals surface area contributed by atoms with E-state index in [9.17, 15) is 18.0 Å². The summed E-state index contributed by atoms with van der Waals surface area (Å²) in [7, 11) is -2.19. The van der Waals surface area contributed by atoms with E-state index in [1.54, 1.807) is 32.2 Å². The van der Waals surface area contributed by atoms with Crippen molar-refractivity contribution < 1.29 is 22.7 Å². The summed E-state index contributed by atoms with van der Waals surface area (Å²) in [4.78, 5) is 28.4. The maximum Gasteiger partial charge on any atom is 0.244 e. The van der Waals surface area contributed by atoms with Gasteiger partial charge in [-0.15, -0.1) is 0 Å². The zero-order chi connectivity index (χ0) is 27.0. The Kier molecular flexibility index (Phi) is 9.97. The van der Waals surface area contributed by atoms with E-state index < -0.39 is 28.5 Å². The maximum atomic E-state index is 13.7. The third kappa shape index (κ3) is 7.95. The molecule has 0 aliphatic heterocycles. The van der Waals surface area contributed by atoms with Gasteiger partial charge in [-0.2, -0.15) is 0 Å². The fraction of sp³-hybridized carbons (Fsp3) is 0.500. The lowest BCUT2D eigenvalue weighted by Gasteiger charge is -2.33. The van der Waals surface area contributed by atoms with Gasteiger partial charge in [-0.1, -0.05) is 50.5 Å². The number of hydrogen-bond acceptors (Lipinski definition) is 5. The van der Waals surface area contributed by atoms with E-state index >= 15 is 0 Å². The lowest BCUT2D eigenvalue weighted by Crippen LogP contribution is -2.52. The monoisotopic (exact) mass is 529 g/mol. The van der Waals surface area contributed by atoms with Crippen LogP contribution in [0.4, 0.5) is 5.69 Å². The maximum absolute atomic E-state index is 13.7. The molecule has 202 valence electrons. The van der Waals surface area contributed by atoms with Gasteiger partial charge in [0.1, 0.15) is 18.3 Å². The number of nitrogens with zero attached hydrogens (tertiary/aromatic N) is 2. The molecule has 1 aliphatic carbocycles. The summed E-state index contributed by atoms with van der Waals surface area (Å²) in [6.45, 7) is 3.44. The van der Waals surface area contributed by atoms with E-state index in [4.69, 9.17) is 4.74 Å². The molecular formula is C28H39N3O5S. The largest absolute Gasteiger partial charge is 0.497 e. The topological polar surface area (TPSA) is 96.0 Å². The Morgan fingerprint density at radius 2 is 1.73 bits per heavy atom. The molecule has 0 saturated heterocycles. The normalized spacial score (nSPS) is 15.0. The smallest absolute Gasteiger partial charge is 0.244 e. The van der Waals surface area contributed by atoms with Crippen molar-refractivity contribution in [3.63, 3.8) is 0 Å². The van der Waals surface area contributed by atoms with Crippen molar-refractivity contribution in [3.8, 4) is 5.75 Å². The van der Waals surface area contributed by atoms with E-state index in [2.05, 4.69) is 5.32 Å². The zero-order valence-corrected chi connectivity index (χ0v) is 23.1. The molecular weight excluding hydrogens is 490 g/mol. The number of nitrogens with one attached hydrogen (secondary N) is 1. The lowest BCUT2D eigenvalue weighted by atomic mass is 9.95. The fourth-order valence-corrected chi connectivity index (χ4v) is 5.48.